The van der Waals surface area contributed by atoms with Crippen molar-refractivity contribution in [2.45, 2.75) is 25.3 Å². The van der Waals surface area contributed by atoms with Gasteiger partial charge in [0, 0.05) is 6.04 Å². The zero-order valence-electron chi connectivity index (χ0n) is 8.50. The molecule has 0 bridgehead atoms. The number of likely N-dealkylation sites (tertiary alicyclic amines) is 1. The van der Waals surface area contributed by atoms with Crippen molar-refractivity contribution < 1.29 is 0 Å². The number of hydrogen-bond acceptors (Lipinski definition) is 2. The summed E-state index contributed by atoms with van der Waals surface area (Å²) in [6, 6.07) is 0.669. The molecule has 0 aliphatic carbocycles. The Labute approximate surface area is 81.0 Å². The van der Waals surface area contributed by atoms with Crippen molar-refractivity contribution in [3.05, 3.63) is 12.2 Å². The van der Waals surface area contributed by atoms with Crippen LogP contribution in [0.3, 0.4) is 0 Å². The third-order valence-corrected chi connectivity index (χ3v) is 3.31. The van der Waals surface area contributed by atoms with Gasteiger partial charge in [-0.25, -0.2) is 0 Å². The zero-order valence-corrected chi connectivity index (χ0v) is 8.50. The first-order valence-electron chi connectivity index (χ1n) is 5.45. The van der Waals surface area contributed by atoms with Crippen LogP contribution in [-0.2, 0) is 0 Å². The minimum atomic E-state index is 0.669. The van der Waals surface area contributed by atoms with E-state index in [2.05, 4.69) is 29.4 Å². The standard InChI is InChI=1S/C11H20N2/c1-13-8-5-10(6-9-13)11-4-2-3-7-12-11/h2,4,10-12H,3,5-9H2,1H3. The minimum absolute atomic E-state index is 0.669. The van der Waals surface area contributed by atoms with Crippen LogP contribution in [0.5, 0.6) is 0 Å². The second kappa shape index (κ2) is 4.25. The van der Waals surface area contributed by atoms with Gasteiger partial charge in [0.2, 0.25) is 0 Å². The first kappa shape index (κ1) is 9.22. The highest BCUT2D eigenvalue weighted by molar-refractivity contribution is 5.01. The minimum Gasteiger partial charge on any atom is -0.310 e. The summed E-state index contributed by atoms with van der Waals surface area (Å²) in [7, 11) is 2.22. The smallest absolute Gasteiger partial charge is 0.0279 e. The van der Waals surface area contributed by atoms with Crippen molar-refractivity contribution in [3.8, 4) is 0 Å². The number of piperidine rings is 1. The molecule has 2 rings (SSSR count). The molecule has 13 heavy (non-hydrogen) atoms. The molecule has 0 amide bonds. The van der Waals surface area contributed by atoms with E-state index in [0.29, 0.717) is 6.04 Å². The Bertz CT molecular complexity index is 181. The molecule has 2 aliphatic rings. The van der Waals surface area contributed by atoms with Crippen LogP contribution in [0.25, 0.3) is 0 Å². The highest BCUT2D eigenvalue weighted by Gasteiger charge is 2.23. The third-order valence-electron chi connectivity index (χ3n) is 3.31. The predicted molar refractivity (Wildman–Crippen MR) is 55.8 cm³/mol. The molecule has 0 aromatic heterocycles. The lowest BCUT2D eigenvalue weighted by molar-refractivity contribution is 0.197. The van der Waals surface area contributed by atoms with Crippen molar-refractivity contribution in [1.29, 1.82) is 0 Å². The maximum absolute atomic E-state index is 3.60. The molecule has 1 fully saturated rings. The normalized spacial score (nSPS) is 32.2. The quantitative estimate of drug-likeness (QED) is 0.611. The second-order valence-electron chi connectivity index (χ2n) is 4.34. The van der Waals surface area contributed by atoms with Crippen molar-refractivity contribution in [2.75, 3.05) is 26.7 Å². The largest absolute Gasteiger partial charge is 0.310 e. The summed E-state index contributed by atoms with van der Waals surface area (Å²) in [4.78, 5) is 2.43. The van der Waals surface area contributed by atoms with E-state index in [9.17, 15) is 0 Å². The maximum Gasteiger partial charge on any atom is 0.0279 e. The van der Waals surface area contributed by atoms with E-state index in [-0.39, 0.29) is 0 Å². The molecule has 0 saturated carbocycles. The Morgan fingerprint density at radius 3 is 2.69 bits per heavy atom. The average Bonchev–Trinajstić information content (AvgIpc) is 2.20. The van der Waals surface area contributed by atoms with Crippen LogP contribution in [-0.4, -0.2) is 37.6 Å². The van der Waals surface area contributed by atoms with Gasteiger partial charge < -0.3 is 10.2 Å². The van der Waals surface area contributed by atoms with Gasteiger partial charge in [-0.3, -0.25) is 0 Å². The Kier molecular flexibility index (Phi) is 3.01. The first-order valence-corrected chi connectivity index (χ1v) is 5.45. The summed E-state index contributed by atoms with van der Waals surface area (Å²) in [5, 5.41) is 3.60. The number of hydrogen-bond donors (Lipinski definition) is 1. The summed E-state index contributed by atoms with van der Waals surface area (Å²) in [5.74, 6) is 0.882. The fourth-order valence-electron chi connectivity index (χ4n) is 2.36. The first-order chi connectivity index (χ1) is 6.36. The van der Waals surface area contributed by atoms with Gasteiger partial charge >= 0.3 is 0 Å². The lowest BCUT2D eigenvalue weighted by Crippen LogP contribution is -2.42. The molecule has 74 valence electrons. The number of rotatable bonds is 1. The summed E-state index contributed by atoms with van der Waals surface area (Å²) in [6.07, 6.45) is 8.64. The van der Waals surface area contributed by atoms with E-state index >= 15 is 0 Å². The summed E-state index contributed by atoms with van der Waals surface area (Å²) in [5.41, 5.74) is 0. The molecule has 1 unspecified atom stereocenters. The van der Waals surface area contributed by atoms with Crippen LogP contribution >= 0.6 is 0 Å². The van der Waals surface area contributed by atoms with Crippen LogP contribution in [0, 0.1) is 5.92 Å². The molecule has 0 spiro atoms. The second-order valence-corrected chi connectivity index (χ2v) is 4.34. The Balaban J connectivity index is 1.86. The fraction of sp³-hybridized carbons (Fsp3) is 0.818. The summed E-state index contributed by atoms with van der Waals surface area (Å²) >= 11 is 0. The van der Waals surface area contributed by atoms with Gasteiger partial charge in [-0.15, -0.1) is 0 Å². The SMILES string of the molecule is CN1CCC(C2C=CCCN2)CC1. The van der Waals surface area contributed by atoms with Gasteiger partial charge in [0.25, 0.3) is 0 Å². The van der Waals surface area contributed by atoms with E-state index < -0.39 is 0 Å². The Morgan fingerprint density at radius 1 is 1.31 bits per heavy atom. The topological polar surface area (TPSA) is 15.3 Å². The third kappa shape index (κ3) is 2.32. The maximum atomic E-state index is 3.60. The monoisotopic (exact) mass is 180 g/mol. The molecule has 1 saturated heterocycles. The highest BCUT2D eigenvalue weighted by Crippen LogP contribution is 2.21. The van der Waals surface area contributed by atoms with Crippen LogP contribution in [0.4, 0.5) is 0 Å². The van der Waals surface area contributed by atoms with E-state index in [1.807, 2.05) is 0 Å². The van der Waals surface area contributed by atoms with Crippen molar-refractivity contribution in [2.24, 2.45) is 5.92 Å². The van der Waals surface area contributed by atoms with Crippen LogP contribution < -0.4 is 5.32 Å². The molecular weight excluding hydrogens is 160 g/mol. The van der Waals surface area contributed by atoms with Crippen LogP contribution in [0.2, 0.25) is 0 Å². The van der Waals surface area contributed by atoms with Gasteiger partial charge in [0.1, 0.15) is 0 Å². The Morgan fingerprint density at radius 2 is 2.08 bits per heavy atom. The molecule has 0 aromatic rings. The van der Waals surface area contributed by atoms with E-state index in [1.54, 1.807) is 0 Å². The van der Waals surface area contributed by atoms with Gasteiger partial charge in [-0.05, 0) is 51.9 Å². The average molecular weight is 180 g/mol. The molecule has 2 heteroatoms. The molecule has 2 aliphatic heterocycles. The number of nitrogens with one attached hydrogen (secondary N) is 1. The zero-order chi connectivity index (χ0) is 9.10. The fourth-order valence-corrected chi connectivity index (χ4v) is 2.36. The highest BCUT2D eigenvalue weighted by atomic mass is 15.1. The van der Waals surface area contributed by atoms with E-state index in [4.69, 9.17) is 0 Å². The van der Waals surface area contributed by atoms with Crippen molar-refractivity contribution in [3.63, 3.8) is 0 Å². The van der Waals surface area contributed by atoms with Crippen LogP contribution in [0.1, 0.15) is 19.3 Å². The summed E-state index contributed by atoms with van der Waals surface area (Å²) in [6.45, 7) is 3.72. The Hall–Kier alpha value is -0.340. The lowest BCUT2D eigenvalue weighted by Gasteiger charge is -2.34. The summed E-state index contributed by atoms with van der Waals surface area (Å²) < 4.78 is 0. The molecule has 2 nitrogen and oxygen atoms in total. The molecule has 2 heterocycles. The van der Waals surface area contributed by atoms with Crippen molar-refractivity contribution >= 4 is 0 Å². The molecular formula is C11H20N2. The van der Waals surface area contributed by atoms with E-state index in [1.165, 1.54) is 38.9 Å². The molecule has 1 atom stereocenters. The van der Waals surface area contributed by atoms with Gasteiger partial charge in [0.05, 0.1) is 0 Å². The molecule has 0 aromatic carbocycles. The molecule has 1 N–H and O–H groups in total. The predicted octanol–water partition coefficient (Wildman–Crippen LogP) is 1.25. The van der Waals surface area contributed by atoms with Crippen LogP contribution in [0.15, 0.2) is 12.2 Å². The van der Waals surface area contributed by atoms with Gasteiger partial charge in [0.15, 0.2) is 0 Å². The lowest BCUT2D eigenvalue weighted by atomic mass is 9.88. The van der Waals surface area contributed by atoms with Gasteiger partial charge in [-0.1, -0.05) is 12.2 Å². The van der Waals surface area contributed by atoms with Gasteiger partial charge in [-0.2, -0.15) is 0 Å². The van der Waals surface area contributed by atoms with Crippen molar-refractivity contribution in [1.82, 2.24) is 10.2 Å². The number of nitrogens with zero attached hydrogens (tertiary/aromatic N) is 1. The van der Waals surface area contributed by atoms with E-state index in [0.717, 1.165) is 5.92 Å². The molecule has 0 radical (unpaired) electrons.